The zero-order chi connectivity index (χ0) is 21.2. The van der Waals surface area contributed by atoms with Crippen molar-refractivity contribution < 1.29 is 14.7 Å². The van der Waals surface area contributed by atoms with E-state index in [0.29, 0.717) is 5.82 Å². The van der Waals surface area contributed by atoms with Crippen LogP contribution in [-0.2, 0) is 22.6 Å². The Kier molecular flexibility index (Phi) is 8.08. The monoisotopic (exact) mass is 398 g/mol. The first-order valence-corrected chi connectivity index (χ1v) is 9.38. The minimum absolute atomic E-state index is 0.101. The van der Waals surface area contributed by atoms with E-state index in [4.69, 9.17) is 9.90 Å². The molecule has 0 spiro atoms. The van der Waals surface area contributed by atoms with Crippen LogP contribution in [0.2, 0.25) is 0 Å². The molecule has 0 bridgehead atoms. The quantitative estimate of drug-likeness (QED) is 0.525. The third kappa shape index (κ3) is 5.50. The predicted octanol–water partition coefficient (Wildman–Crippen LogP) is 2.43. The normalized spacial score (nSPS) is 10.2. The predicted molar refractivity (Wildman–Crippen MR) is 109 cm³/mol. The molecule has 0 aliphatic carbocycles. The lowest BCUT2D eigenvalue weighted by atomic mass is 10.1. The van der Waals surface area contributed by atoms with Gasteiger partial charge in [-0.15, -0.1) is 0 Å². The van der Waals surface area contributed by atoms with Crippen molar-refractivity contribution in [3.63, 3.8) is 0 Å². The smallest absolute Gasteiger partial charge is 0.290 e. The first kappa shape index (κ1) is 21.8. The summed E-state index contributed by atoms with van der Waals surface area (Å²) in [6.07, 6.45) is 2.22. The van der Waals surface area contributed by atoms with Crippen LogP contribution in [-0.4, -0.2) is 49.5 Å². The largest absolute Gasteiger partial charge is 0.483 e. The molecule has 0 aliphatic rings. The van der Waals surface area contributed by atoms with E-state index in [-0.39, 0.29) is 18.8 Å². The van der Waals surface area contributed by atoms with Gasteiger partial charge in [0.25, 0.3) is 6.47 Å². The molecule has 0 atom stereocenters. The van der Waals surface area contributed by atoms with Gasteiger partial charge < -0.3 is 10.4 Å². The Balaban J connectivity index is 0.000000941. The van der Waals surface area contributed by atoms with Gasteiger partial charge in [-0.2, -0.15) is 10.2 Å². The molecular formula is C20H26N6O3. The first-order valence-electron chi connectivity index (χ1n) is 9.38. The van der Waals surface area contributed by atoms with E-state index in [0.717, 1.165) is 47.7 Å². The minimum Gasteiger partial charge on any atom is -0.483 e. The van der Waals surface area contributed by atoms with Crippen LogP contribution in [0.3, 0.4) is 0 Å². The van der Waals surface area contributed by atoms with Crippen LogP contribution < -0.4 is 5.32 Å². The molecule has 3 rings (SSSR count). The van der Waals surface area contributed by atoms with Crippen LogP contribution >= 0.6 is 0 Å². The van der Waals surface area contributed by atoms with E-state index >= 15 is 0 Å². The molecule has 0 aliphatic heterocycles. The number of nitrogens with one attached hydrogen (secondary N) is 2. The number of unbranched alkanes of at least 4 members (excludes halogenated alkanes) is 1. The number of carbonyl (C=O) groups excluding carboxylic acids is 1. The third-order valence-electron chi connectivity index (χ3n) is 4.25. The maximum absolute atomic E-state index is 11.7. The second-order valence-electron chi connectivity index (χ2n) is 6.32. The van der Waals surface area contributed by atoms with Gasteiger partial charge in [0.1, 0.15) is 5.69 Å². The summed E-state index contributed by atoms with van der Waals surface area (Å²) in [5.41, 5.74) is 3.73. The number of likely N-dealkylation sites (N-methyl/N-ethyl adjacent to an activating group) is 1. The number of carbonyl (C=O) groups is 2. The number of aromatic amines is 1. The number of H-pyrrole nitrogens is 1. The highest BCUT2D eigenvalue weighted by Gasteiger charge is 2.21. The molecule has 2 aromatic heterocycles. The van der Waals surface area contributed by atoms with Gasteiger partial charge in [-0.25, -0.2) is 9.67 Å². The van der Waals surface area contributed by atoms with E-state index in [9.17, 15) is 4.79 Å². The zero-order valence-corrected chi connectivity index (χ0v) is 16.8. The lowest BCUT2D eigenvalue weighted by Crippen LogP contribution is -2.20. The Morgan fingerprint density at radius 3 is 2.62 bits per heavy atom. The standard InChI is InChI=1S/C19H24N6O.CH2O2/c1-4-5-11-25-19(21-15(24-25)12-16(26)20-3)17-13(2)22-23-18(17)14-9-7-6-8-10-14;2-1-3/h6-10H,4-5,11-12H2,1-3H3,(H,20,26)(H,22,23);1H,(H,2,3). The van der Waals surface area contributed by atoms with Crippen LogP contribution in [0.5, 0.6) is 0 Å². The Morgan fingerprint density at radius 1 is 1.31 bits per heavy atom. The highest BCUT2D eigenvalue weighted by molar-refractivity contribution is 5.80. The van der Waals surface area contributed by atoms with E-state index in [1.807, 2.05) is 41.9 Å². The molecule has 1 aromatic carbocycles. The summed E-state index contributed by atoms with van der Waals surface area (Å²) in [6.45, 7) is 4.62. The fourth-order valence-electron chi connectivity index (χ4n) is 2.85. The minimum atomic E-state index is -0.250. The van der Waals surface area contributed by atoms with Crippen molar-refractivity contribution >= 4 is 12.4 Å². The topological polar surface area (TPSA) is 126 Å². The molecule has 2 heterocycles. The number of amides is 1. The fourth-order valence-corrected chi connectivity index (χ4v) is 2.85. The van der Waals surface area contributed by atoms with Crippen LogP contribution in [0, 0.1) is 6.92 Å². The molecule has 154 valence electrons. The van der Waals surface area contributed by atoms with Crippen molar-refractivity contribution in [3.8, 4) is 22.6 Å². The van der Waals surface area contributed by atoms with E-state index in [2.05, 4.69) is 32.5 Å². The van der Waals surface area contributed by atoms with Crippen LogP contribution in [0.25, 0.3) is 22.6 Å². The molecule has 0 unspecified atom stereocenters. The van der Waals surface area contributed by atoms with Gasteiger partial charge in [-0.05, 0) is 13.3 Å². The van der Waals surface area contributed by atoms with Crippen molar-refractivity contribution in [3.05, 3.63) is 41.9 Å². The van der Waals surface area contributed by atoms with Crippen molar-refractivity contribution in [2.75, 3.05) is 7.05 Å². The number of hydrogen-bond acceptors (Lipinski definition) is 5. The highest BCUT2D eigenvalue weighted by Crippen LogP contribution is 2.32. The van der Waals surface area contributed by atoms with Gasteiger partial charge in [-0.3, -0.25) is 14.7 Å². The summed E-state index contributed by atoms with van der Waals surface area (Å²) >= 11 is 0. The number of carboxylic acid groups (broad SMARTS) is 1. The number of nitrogens with zero attached hydrogens (tertiary/aromatic N) is 4. The maximum atomic E-state index is 11.7. The van der Waals surface area contributed by atoms with Crippen LogP contribution in [0.4, 0.5) is 0 Å². The molecule has 9 heteroatoms. The van der Waals surface area contributed by atoms with E-state index < -0.39 is 0 Å². The van der Waals surface area contributed by atoms with E-state index in [1.54, 1.807) is 7.05 Å². The number of aryl methyl sites for hydroxylation is 2. The maximum Gasteiger partial charge on any atom is 0.290 e. The zero-order valence-electron chi connectivity index (χ0n) is 16.8. The molecule has 29 heavy (non-hydrogen) atoms. The first-order chi connectivity index (χ1) is 14.0. The van der Waals surface area contributed by atoms with Gasteiger partial charge in [0, 0.05) is 24.8 Å². The number of hydrogen-bond donors (Lipinski definition) is 3. The lowest BCUT2D eigenvalue weighted by Gasteiger charge is -2.06. The SMILES string of the molecule is CCCCn1nc(CC(=O)NC)nc1-c1c(-c2ccccc2)n[nH]c1C.O=CO. The number of aromatic nitrogens is 5. The average Bonchev–Trinajstić information content (AvgIpc) is 3.30. The fraction of sp³-hybridized carbons (Fsp3) is 0.350. The molecule has 9 nitrogen and oxygen atoms in total. The summed E-state index contributed by atoms with van der Waals surface area (Å²) in [7, 11) is 1.62. The van der Waals surface area contributed by atoms with Crippen molar-refractivity contribution in [1.82, 2.24) is 30.3 Å². The molecule has 0 radical (unpaired) electrons. The van der Waals surface area contributed by atoms with Gasteiger partial charge in [0.2, 0.25) is 5.91 Å². The Bertz CT molecular complexity index is 933. The molecular weight excluding hydrogens is 372 g/mol. The molecule has 3 N–H and O–H groups in total. The average molecular weight is 398 g/mol. The molecule has 0 saturated heterocycles. The molecule has 0 saturated carbocycles. The van der Waals surface area contributed by atoms with Crippen LogP contribution in [0.1, 0.15) is 31.3 Å². The molecule has 0 fully saturated rings. The summed E-state index contributed by atoms with van der Waals surface area (Å²) in [5, 5.41) is 21.6. The Labute approximate surface area is 169 Å². The number of rotatable bonds is 7. The second kappa shape index (κ2) is 10.7. The molecule has 3 aromatic rings. The second-order valence-corrected chi connectivity index (χ2v) is 6.32. The Morgan fingerprint density at radius 2 is 2.00 bits per heavy atom. The van der Waals surface area contributed by atoms with E-state index in [1.165, 1.54) is 0 Å². The van der Waals surface area contributed by atoms with Crippen LogP contribution in [0.15, 0.2) is 30.3 Å². The summed E-state index contributed by atoms with van der Waals surface area (Å²) in [4.78, 5) is 24.8. The lowest BCUT2D eigenvalue weighted by molar-refractivity contribution is -0.123. The van der Waals surface area contributed by atoms with Gasteiger partial charge in [0.15, 0.2) is 11.6 Å². The van der Waals surface area contributed by atoms with Gasteiger partial charge >= 0.3 is 0 Å². The number of benzene rings is 1. The molecule has 1 amide bonds. The summed E-state index contributed by atoms with van der Waals surface area (Å²) in [5.74, 6) is 1.17. The van der Waals surface area contributed by atoms with Crippen molar-refractivity contribution in [1.29, 1.82) is 0 Å². The van der Waals surface area contributed by atoms with Gasteiger partial charge in [-0.1, -0.05) is 43.7 Å². The third-order valence-corrected chi connectivity index (χ3v) is 4.25. The van der Waals surface area contributed by atoms with Gasteiger partial charge in [0.05, 0.1) is 12.0 Å². The summed E-state index contributed by atoms with van der Waals surface area (Å²) < 4.78 is 1.89. The van der Waals surface area contributed by atoms with Crippen molar-refractivity contribution in [2.24, 2.45) is 0 Å². The van der Waals surface area contributed by atoms with Crippen molar-refractivity contribution in [2.45, 2.75) is 39.7 Å². The summed E-state index contributed by atoms with van der Waals surface area (Å²) in [6, 6.07) is 10.0. The highest BCUT2D eigenvalue weighted by atomic mass is 16.3. The Hall–Kier alpha value is -3.49.